The molecule has 2 amide bonds. The zero-order chi connectivity index (χ0) is 18.9. The minimum atomic E-state index is -0.292. The monoisotopic (exact) mass is 357 g/mol. The Hall–Kier alpha value is -2.60. The van der Waals surface area contributed by atoms with Crippen molar-refractivity contribution in [3.63, 3.8) is 0 Å². The maximum absolute atomic E-state index is 12.2. The summed E-state index contributed by atoms with van der Waals surface area (Å²) in [5.74, 6) is -0.186. The zero-order valence-corrected chi connectivity index (χ0v) is 15.6. The molecule has 0 saturated carbocycles. The summed E-state index contributed by atoms with van der Waals surface area (Å²) in [6.45, 7) is 9.05. The van der Waals surface area contributed by atoms with Crippen LogP contribution < -0.4 is 10.6 Å². The predicted octanol–water partition coefficient (Wildman–Crippen LogP) is 2.67. The van der Waals surface area contributed by atoms with Crippen LogP contribution in [0.3, 0.4) is 0 Å². The molecule has 2 aromatic rings. The first kappa shape index (κ1) is 19.7. The number of hydrogen-bond acceptors (Lipinski definition) is 4. The lowest BCUT2D eigenvalue weighted by Crippen LogP contribution is -2.34. The second kappa shape index (κ2) is 9.77. The van der Waals surface area contributed by atoms with E-state index in [9.17, 15) is 9.59 Å². The van der Waals surface area contributed by atoms with Crippen LogP contribution in [0.2, 0.25) is 0 Å². The molecule has 0 unspecified atom stereocenters. The van der Waals surface area contributed by atoms with E-state index in [1.54, 1.807) is 12.1 Å². The number of amides is 2. The van der Waals surface area contributed by atoms with Crippen LogP contribution in [0.25, 0.3) is 0 Å². The van der Waals surface area contributed by atoms with E-state index < -0.39 is 0 Å². The van der Waals surface area contributed by atoms with Crippen molar-refractivity contribution in [3.05, 3.63) is 59.5 Å². The molecule has 6 heteroatoms. The van der Waals surface area contributed by atoms with Crippen molar-refractivity contribution in [2.75, 3.05) is 19.6 Å². The van der Waals surface area contributed by atoms with Gasteiger partial charge < -0.3 is 15.1 Å². The topological polar surface area (TPSA) is 74.6 Å². The number of hydrogen-bond donors (Lipinski definition) is 2. The quantitative estimate of drug-likeness (QED) is 0.677. The molecule has 0 aliphatic heterocycles. The van der Waals surface area contributed by atoms with Gasteiger partial charge in [-0.15, -0.1) is 0 Å². The molecule has 0 spiro atoms. The maximum Gasteiger partial charge on any atom is 0.287 e. The van der Waals surface area contributed by atoms with Crippen LogP contribution >= 0.6 is 0 Å². The number of nitrogens with zero attached hydrogens (tertiary/aromatic N) is 1. The first-order valence-electron chi connectivity index (χ1n) is 8.94. The summed E-state index contributed by atoms with van der Waals surface area (Å²) >= 11 is 0. The smallest absolute Gasteiger partial charge is 0.287 e. The summed E-state index contributed by atoms with van der Waals surface area (Å²) in [6.07, 6.45) is 1.45. The minimum Gasteiger partial charge on any atom is -0.459 e. The van der Waals surface area contributed by atoms with Crippen molar-refractivity contribution in [2.45, 2.75) is 33.4 Å². The molecule has 0 saturated heterocycles. The molecule has 0 radical (unpaired) electrons. The second-order valence-corrected chi connectivity index (χ2v) is 6.34. The van der Waals surface area contributed by atoms with Crippen molar-refractivity contribution in [2.24, 2.45) is 0 Å². The highest BCUT2D eigenvalue weighted by Crippen LogP contribution is 2.10. The van der Waals surface area contributed by atoms with E-state index in [0.717, 1.165) is 13.1 Å². The van der Waals surface area contributed by atoms with E-state index in [1.807, 2.05) is 24.3 Å². The van der Waals surface area contributed by atoms with Crippen LogP contribution in [0.1, 0.15) is 47.2 Å². The molecule has 0 atom stereocenters. The molecule has 2 N–H and O–H groups in total. The van der Waals surface area contributed by atoms with E-state index >= 15 is 0 Å². The molecule has 1 heterocycles. The lowest BCUT2D eigenvalue weighted by atomic mass is 10.1. The number of nitrogens with one attached hydrogen (secondary N) is 2. The van der Waals surface area contributed by atoms with Crippen molar-refractivity contribution >= 4 is 11.8 Å². The molecular formula is C20H27N3O3. The highest BCUT2D eigenvalue weighted by Gasteiger charge is 2.10. The molecule has 6 nitrogen and oxygen atoms in total. The normalized spacial score (nSPS) is 11.0. The highest BCUT2D eigenvalue weighted by molar-refractivity contribution is 5.94. The fourth-order valence-electron chi connectivity index (χ4n) is 2.60. The zero-order valence-electron chi connectivity index (χ0n) is 15.6. The van der Waals surface area contributed by atoms with Gasteiger partial charge in [0.1, 0.15) is 0 Å². The lowest BCUT2D eigenvalue weighted by molar-refractivity contribution is 0.0910. The molecule has 26 heavy (non-hydrogen) atoms. The number of furan rings is 1. The van der Waals surface area contributed by atoms with E-state index in [-0.39, 0.29) is 17.6 Å². The van der Waals surface area contributed by atoms with Crippen molar-refractivity contribution in [3.8, 4) is 0 Å². The van der Waals surface area contributed by atoms with Crippen LogP contribution in [0.15, 0.2) is 47.1 Å². The van der Waals surface area contributed by atoms with Crippen LogP contribution in [-0.2, 0) is 6.54 Å². The molecule has 0 aliphatic rings. The van der Waals surface area contributed by atoms with Gasteiger partial charge in [-0.1, -0.05) is 19.1 Å². The lowest BCUT2D eigenvalue weighted by Gasteiger charge is -2.24. The van der Waals surface area contributed by atoms with Gasteiger partial charge in [-0.05, 0) is 50.2 Å². The van der Waals surface area contributed by atoms with Gasteiger partial charge in [0, 0.05) is 31.2 Å². The molecule has 1 aromatic heterocycles. The number of carbonyl (C=O) groups is 2. The molecule has 1 aromatic carbocycles. The number of carbonyl (C=O) groups excluding carboxylic acids is 2. The summed E-state index contributed by atoms with van der Waals surface area (Å²) in [5, 5.41) is 5.48. The SMILES string of the molecule is CCN(Cc1ccc(C(=O)NCCNC(=O)c2ccco2)cc1)C(C)C. The Bertz CT molecular complexity index is 694. The summed E-state index contributed by atoms with van der Waals surface area (Å²) in [4.78, 5) is 26.2. The Labute approximate surface area is 154 Å². The van der Waals surface area contributed by atoms with Gasteiger partial charge in [-0.3, -0.25) is 14.5 Å². The average Bonchev–Trinajstić information content (AvgIpc) is 3.18. The summed E-state index contributed by atoms with van der Waals surface area (Å²) in [5.41, 5.74) is 1.79. The standard InChI is InChI=1S/C20H27N3O3/c1-4-23(15(2)3)14-16-7-9-17(10-8-16)19(24)21-11-12-22-20(25)18-6-5-13-26-18/h5-10,13,15H,4,11-12,14H2,1-3H3,(H,21,24)(H,22,25). The molecule has 2 rings (SSSR count). The van der Waals surface area contributed by atoms with Gasteiger partial charge in [0.15, 0.2) is 5.76 Å². The van der Waals surface area contributed by atoms with Crippen LogP contribution in [0.4, 0.5) is 0 Å². The predicted molar refractivity (Wildman–Crippen MR) is 101 cm³/mol. The number of rotatable bonds is 9. The maximum atomic E-state index is 12.2. The Morgan fingerprint density at radius 2 is 1.69 bits per heavy atom. The molecule has 0 aliphatic carbocycles. The first-order chi connectivity index (χ1) is 12.5. The van der Waals surface area contributed by atoms with Gasteiger partial charge in [-0.2, -0.15) is 0 Å². The summed E-state index contributed by atoms with van der Waals surface area (Å²) in [7, 11) is 0. The Morgan fingerprint density at radius 1 is 1.04 bits per heavy atom. The fraction of sp³-hybridized carbons (Fsp3) is 0.400. The van der Waals surface area contributed by atoms with Gasteiger partial charge in [0.2, 0.25) is 0 Å². The average molecular weight is 357 g/mol. The van der Waals surface area contributed by atoms with Crippen LogP contribution in [0.5, 0.6) is 0 Å². The number of benzene rings is 1. The second-order valence-electron chi connectivity index (χ2n) is 6.34. The minimum absolute atomic E-state index is 0.153. The molecule has 0 fully saturated rings. The van der Waals surface area contributed by atoms with Gasteiger partial charge in [0.25, 0.3) is 11.8 Å². The van der Waals surface area contributed by atoms with E-state index in [1.165, 1.54) is 11.8 Å². The van der Waals surface area contributed by atoms with E-state index in [0.29, 0.717) is 24.7 Å². The largest absolute Gasteiger partial charge is 0.459 e. The molecule has 0 bridgehead atoms. The molecular weight excluding hydrogens is 330 g/mol. The van der Waals surface area contributed by atoms with Crippen molar-refractivity contribution in [1.29, 1.82) is 0 Å². The third-order valence-electron chi connectivity index (χ3n) is 4.18. The third-order valence-corrected chi connectivity index (χ3v) is 4.18. The first-order valence-corrected chi connectivity index (χ1v) is 8.94. The van der Waals surface area contributed by atoms with Crippen molar-refractivity contribution < 1.29 is 14.0 Å². The van der Waals surface area contributed by atoms with E-state index in [4.69, 9.17) is 4.42 Å². The van der Waals surface area contributed by atoms with Crippen molar-refractivity contribution in [1.82, 2.24) is 15.5 Å². The van der Waals surface area contributed by atoms with Crippen LogP contribution in [0, 0.1) is 0 Å². The van der Waals surface area contributed by atoms with Crippen LogP contribution in [-0.4, -0.2) is 42.4 Å². The van der Waals surface area contributed by atoms with Gasteiger partial charge >= 0.3 is 0 Å². The Kier molecular flexibility index (Phi) is 7.41. The van der Waals surface area contributed by atoms with Gasteiger partial charge in [0.05, 0.1) is 6.26 Å². The fourth-order valence-corrected chi connectivity index (χ4v) is 2.60. The van der Waals surface area contributed by atoms with Gasteiger partial charge in [-0.25, -0.2) is 0 Å². The summed E-state index contributed by atoms with van der Waals surface area (Å²) < 4.78 is 5.00. The summed E-state index contributed by atoms with van der Waals surface area (Å²) in [6, 6.07) is 11.4. The van der Waals surface area contributed by atoms with E-state index in [2.05, 4.69) is 36.3 Å². The highest BCUT2D eigenvalue weighted by atomic mass is 16.3. The Balaban J connectivity index is 1.76. The third kappa shape index (κ3) is 5.74. The Morgan fingerprint density at radius 3 is 2.23 bits per heavy atom. The molecule has 140 valence electrons.